The van der Waals surface area contributed by atoms with E-state index in [0.717, 1.165) is 25.0 Å². The third-order valence-corrected chi connectivity index (χ3v) is 3.94. The highest BCUT2D eigenvalue weighted by Gasteiger charge is 2.23. The topological polar surface area (TPSA) is 48.7 Å². The first-order chi connectivity index (χ1) is 9.06. The molecule has 0 aliphatic heterocycles. The smallest absolute Gasteiger partial charge is 0.104 e. The van der Waals surface area contributed by atoms with Crippen molar-refractivity contribution in [3.8, 4) is 6.07 Å². The molecule has 0 amide bonds. The number of thioether (sulfide) groups is 1. The van der Waals surface area contributed by atoms with Crippen LogP contribution in [0.1, 0.15) is 40.0 Å². The first-order valence-electron chi connectivity index (χ1n) is 6.77. The van der Waals surface area contributed by atoms with Gasteiger partial charge >= 0.3 is 0 Å². The van der Waals surface area contributed by atoms with Gasteiger partial charge in [0.2, 0.25) is 0 Å². The van der Waals surface area contributed by atoms with Crippen molar-refractivity contribution in [3.05, 3.63) is 24.5 Å². The number of hydrogen-bond donors (Lipinski definition) is 1. The molecule has 0 saturated carbocycles. The molecule has 0 aliphatic carbocycles. The van der Waals surface area contributed by atoms with Crippen LogP contribution in [0, 0.1) is 11.3 Å². The minimum Gasteiger partial charge on any atom is -0.297 e. The lowest BCUT2D eigenvalue weighted by atomic mass is 9.96. The van der Waals surface area contributed by atoms with Gasteiger partial charge in [-0.1, -0.05) is 0 Å². The zero-order valence-corrected chi connectivity index (χ0v) is 12.8. The largest absolute Gasteiger partial charge is 0.297 e. The second-order valence-corrected chi connectivity index (χ2v) is 6.40. The van der Waals surface area contributed by atoms with E-state index in [9.17, 15) is 5.26 Å². The predicted molar refractivity (Wildman–Crippen MR) is 81.1 cm³/mol. The van der Waals surface area contributed by atoms with Gasteiger partial charge in [-0.25, -0.2) is 0 Å². The molecule has 0 fully saturated rings. The van der Waals surface area contributed by atoms with Crippen LogP contribution in [0.3, 0.4) is 0 Å². The van der Waals surface area contributed by atoms with Gasteiger partial charge in [0.1, 0.15) is 5.54 Å². The zero-order valence-electron chi connectivity index (χ0n) is 12.0. The average molecular weight is 277 g/mol. The van der Waals surface area contributed by atoms with Gasteiger partial charge in [0.15, 0.2) is 0 Å². The monoisotopic (exact) mass is 277 g/mol. The van der Waals surface area contributed by atoms with Gasteiger partial charge < -0.3 is 0 Å². The van der Waals surface area contributed by atoms with Gasteiger partial charge in [-0.05, 0) is 57.9 Å². The molecule has 0 saturated heterocycles. The van der Waals surface area contributed by atoms with Gasteiger partial charge in [0, 0.05) is 23.3 Å². The maximum Gasteiger partial charge on any atom is 0.104 e. The van der Waals surface area contributed by atoms with E-state index in [2.05, 4.69) is 30.2 Å². The zero-order chi connectivity index (χ0) is 14.1. The quantitative estimate of drug-likeness (QED) is 0.582. The Morgan fingerprint density at radius 3 is 2.63 bits per heavy atom. The minimum atomic E-state index is -0.393. The molecule has 104 valence electrons. The first kappa shape index (κ1) is 16.0. The average Bonchev–Trinajstić information content (AvgIpc) is 2.39. The fraction of sp³-hybridized carbons (Fsp3) is 0.600. The molecule has 1 rings (SSSR count). The van der Waals surface area contributed by atoms with Gasteiger partial charge in [-0.3, -0.25) is 10.3 Å². The Morgan fingerprint density at radius 2 is 2.05 bits per heavy atom. The standard InChI is InChI=1S/C15H23N3S/c1-13(2)18-15(3,12-16)8-4-5-11-19-14-6-9-17-10-7-14/h6-7,9-10,13,18H,4-5,8,11H2,1-3H3. The third-order valence-electron chi connectivity index (χ3n) is 2.84. The summed E-state index contributed by atoms with van der Waals surface area (Å²) in [5, 5.41) is 12.6. The van der Waals surface area contributed by atoms with E-state index in [4.69, 9.17) is 0 Å². The second-order valence-electron chi connectivity index (χ2n) is 5.23. The second kappa shape index (κ2) is 8.19. The van der Waals surface area contributed by atoms with E-state index < -0.39 is 5.54 Å². The molecule has 1 atom stereocenters. The Bertz CT molecular complexity index is 400. The minimum absolute atomic E-state index is 0.343. The third kappa shape index (κ3) is 6.60. The molecule has 0 spiro atoms. The molecular weight excluding hydrogens is 254 g/mol. The van der Waals surface area contributed by atoms with Crippen molar-refractivity contribution in [2.24, 2.45) is 0 Å². The van der Waals surface area contributed by atoms with Crippen LogP contribution in [-0.2, 0) is 0 Å². The van der Waals surface area contributed by atoms with Crippen molar-refractivity contribution in [2.75, 3.05) is 5.75 Å². The molecule has 0 aliphatic rings. The Hall–Kier alpha value is -1.05. The summed E-state index contributed by atoms with van der Waals surface area (Å²) >= 11 is 1.85. The molecular formula is C15H23N3S. The molecule has 1 N–H and O–H groups in total. The first-order valence-corrected chi connectivity index (χ1v) is 7.76. The van der Waals surface area contributed by atoms with E-state index in [1.165, 1.54) is 4.90 Å². The van der Waals surface area contributed by atoms with Gasteiger partial charge in [0.25, 0.3) is 0 Å². The number of hydrogen-bond acceptors (Lipinski definition) is 4. The maximum atomic E-state index is 9.24. The highest BCUT2D eigenvalue weighted by Crippen LogP contribution is 2.20. The fourth-order valence-corrected chi connectivity index (χ4v) is 2.90. The number of nitrogens with one attached hydrogen (secondary N) is 1. The van der Waals surface area contributed by atoms with Crippen molar-refractivity contribution < 1.29 is 0 Å². The van der Waals surface area contributed by atoms with E-state index in [0.29, 0.717) is 6.04 Å². The number of nitrogens with zero attached hydrogens (tertiary/aromatic N) is 2. The van der Waals surface area contributed by atoms with E-state index in [1.807, 2.05) is 43.2 Å². The highest BCUT2D eigenvalue weighted by atomic mass is 32.2. The Labute approximate surface area is 120 Å². The molecule has 0 bridgehead atoms. The van der Waals surface area contributed by atoms with Crippen molar-refractivity contribution in [1.29, 1.82) is 5.26 Å². The van der Waals surface area contributed by atoms with Crippen LogP contribution in [0.25, 0.3) is 0 Å². The van der Waals surface area contributed by atoms with Crippen LogP contribution in [0.15, 0.2) is 29.4 Å². The number of nitriles is 1. The van der Waals surface area contributed by atoms with Crippen LogP contribution in [-0.4, -0.2) is 22.3 Å². The van der Waals surface area contributed by atoms with Crippen LogP contribution in [0.2, 0.25) is 0 Å². The highest BCUT2D eigenvalue weighted by molar-refractivity contribution is 7.99. The molecule has 1 aromatic heterocycles. The lowest BCUT2D eigenvalue weighted by Crippen LogP contribution is -2.44. The molecule has 3 nitrogen and oxygen atoms in total. The molecule has 0 radical (unpaired) electrons. The van der Waals surface area contributed by atoms with E-state index >= 15 is 0 Å². The van der Waals surface area contributed by atoms with Crippen LogP contribution >= 0.6 is 11.8 Å². The Kier molecular flexibility index (Phi) is 6.90. The number of pyridine rings is 1. The SMILES string of the molecule is CC(C)NC(C)(C#N)CCCCSc1ccncc1. The lowest BCUT2D eigenvalue weighted by Gasteiger charge is -2.25. The number of aromatic nitrogens is 1. The van der Waals surface area contributed by atoms with Crippen molar-refractivity contribution in [2.45, 2.75) is 56.5 Å². The summed E-state index contributed by atoms with van der Waals surface area (Å²) in [5.41, 5.74) is -0.393. The van der Waals surface area contributed by atoms with Crippen LogP contribution in [0.4, 0.5) is 0 Å². The Morgan fingerprint density at radius 1 is 1.37 bits per heavy atom. The summed E-state index contributed by atoms with van der Waals surface area (Å²) < 4.78 is 0. The van der Waals surface area contributed by atoms with Crippen LogP contribution < -0.4 is 5.32 Å². The predicted octanol–water partition coefficient (Wildman–Crippen LogP) is 3.62. The Balaban J connectivity index is 2.21. The van der Waals surface area contributed by atoms with Crippen molar-refractivity contribution in [3.63, 3.8) is 0 Å². The van der Waals surface area contributed by atoms with Crippen molar-refractivity contribution in [1.82, 2.24) is 10.3 Å². The van der Waals surface area contributed by atoms with Gasteiger partial charge in [-0.2, -0.15) is 5.26 Å². The van der Waals surface area contributed by atoms with Crippen molar-refractivity contribution >= 4 is 11.8 Å². The van der Waals surface area contributed by atoms with Gasteiger partial charge in [-0.15, -0.1) is 11.8 Å². The van der Waals surface area contributed by atoms with Gasteiger partial charge in [0.05, 0.1) is 6.07 Å². The fourth-order valence-electron chi connectivity index (χ4n) is 2.00. The summed E-state index contributed by atoms with van der Waals surface area (Å²) in [5.74, 6) is 1.09. The summed E-state index contributed by atoms with van der Waals surface area (Å²) in [6, 6.07) is 6.80. The summed E-state index contributed by atoms with van der Waals surface area (Å²) in [7, 11) is 0. The molecule has 4 heteroatoms. The number of rotatable bonds is 8. The molecule has 1 aromatic rings. The molecule has 1 heterocycles. The molecule has 1 unspecified atom stereocenters. The lowest BCUT2D eigenvalue weighted by molar-refractivity contribution is 0.372. The summed E-state index contributed by atoms with van der Waals surface area (Å²) in [6.45, 7) is 6.15. The number of unbranched alkanes of at least 4 members (excludes halogenated alkanes) is 1. The summed E-state index contributed by atoms with van der Waals surface area (Å²) in [6.07, 6.45) is 6.74. The normalized spacial score (nSPS) is 14.1. The molecule has 0 aromatic carbocycles. The molecule has 19 heavy (non-hydrogen) atoms. The summed E-state index contributed by atoms with van der Waals surface area (Å²) in [4.78, 5) is 5.27. The van der Waals surface area contributed by atoms with E-state index in [-0.39, 0.29) is 0 Å². The van der Waals surface area contributed by atoms with E-state index in [1.54, 1.807) is 0 Å². The van der Waals surface area contributed by atoms with Crippen LogP contribution in [0.5, 0.6) is 0 Å². The maximum absolute atomic E-state index is 9.24.